The monoisotopic (exact) mass is 394 g/mol. The van der Waals surface area contributed by atoms with Crippen molar-refractivity contribution in [3.8, 4) is 0 Å². The lowest BCUT2D eigenvalue weighted by atomic mass is 10.0. The van der Waals surface area contributed by atoms with Crippen LogP contribution in [-0.4, -0.2) is 47.1 Å². The topological polar surface area (TPSA) is 96.1 Å². The van der Waals surface area contributed by atoms with Crippen LogP contribution in [0.5, 0.6) is 0 Å². The third-order valence-electron chi connectivity index (χ3n) is 5.39. The van der Waals surface area contributed by atoms with Crippen molar-refractivity contribution in [2.24, 2.45) is 5.92 Å². The highest BCUT2D eigenvalue weighted by Gasteiger charge is 2.26. The Bertz CT molecular complexity index is 1040. The van der Waals surface area contributed by atoms with Crippen LogP contribution in [0, 0.1) is 5.92 Å². The summed E-state index contributed by atoms with van der Waals surface area (Å²) < 4.78 is 5.55. The Labute approximate surface area is 169 Å². The molecule has 0 radical (unpaired) electrons. The summed E-state index contributed by atoms with van der Waals surface area (Å²) in [5.74, 6) is -0.611. The first kappa shape index (κ1) is 19.4. The highest BCUT2D eigenvalue weighted by molar-refractivity contribution is 6.09. The first-order chi connectivity index (χ1) is 14.0. The van der Waals surface area contributed by atoms with Crippen LogP contribution in [0.2, 0.25) is 0 Å². The Morgan fingerprint density at radius 1 is 1.24 bits per heavy atom. The van der Waals surface area contributed by atoms with E-state index < -0.39 is 6.04 Å². The van der Waals surface area contributed by atoms with Gasteiger partial charge in [0.25, 0.3) is 5.91 Å². The minimum atomic E-state index is -0.635. The van der Waals surface area contributed by atoms with Crippen molar-refractivity contribution in [2.75, 3.05) is 13.2 Å². The van der Waals surface area contributed by atoms with Crippen molar-refractivity contribution < 1.29 is 14.3 Å². The number of H-pyrrole nitrogens is 1. The number of hydrogen-bond acceptors (Lipinski definition) is 4. The van der Waals surface area contributed by atoms with E-state index in [1.807, 2.05) is 38.1 Å². The molecule has 2 aromatic heterocycles. The molecule has 7 nitrogen and oxygen atoms in total. The number of benzene rings is 1. The van der Waals surface area contributed by atoms with E-state index in [1.165, 1.54) is 0 Å². The van der Waals surface area contributed by atoms with E-state index in [4.69, 9.17) is 4.74 Å². The summed E-state index contributed by atoms with van der Waals surface area (Å²) in [5, 5.41) is 7.73. The molecule has 1 aromatic carbocycles. The molecular formula is C22H26N4O3. The fourth-order valence-corrected chi connectivity index (χ4v) is 3.75. The molecule has 1 saturated heterocycles. The number of aromatic amines is 1. The highest BCUT2D eigenvalue weighted by Crippen LogP contribution is 2.25. The van der Waals surface area contributed by atoms with Gasteiger partial charge in [0.15, 0.2) is 0 Å². The number of fused-ring (bicyclic) bond motifs is 3. The fraction of sp³-hybridized carbons (Fsp3) is 0.409. The largest absolute Gasteiger partial charge is 0.376 e. The summed E-state index contributed by atoms with van der Waals surface area (Å²) in [6.07, 6.45) is 3.69. The van der Waals surface area contributed by atoms with Crippen LogP contribution >= 0.6 is 0 Å². The molecule has 2 atom stereocenters. The molecule has 29 heavy (non-hydrogen) atoms. The standard InChI is InChI=1S/C22H26N4O3/c1-13(2)20(22(28)24-11-14-6-5-9-29-14)26-21(27)18-10-16-15-7-3-4-8-17(15)25-19(16)12-23-18/h3-4,7-8,10,12-14,20,25H,5-6,9,11H2,1-2H3,(H,24,28)(H,26,27). The summed E-state index contributed by atoms with van der Waals surface area (Å²) in [6, 6.07) is 9.05. The van der Waals surface area contributed by atoms with Crippen LogP contribution in [-0.2, 0) is 9.53 Å². The molecule has 3 aromatic rings. The van der Waals surface area contributed by atoms with E-state index in [2.05, 4.69) is 20.6 Å². The minimum absolute atomic E-state index is 0.0553. The third kappa shape index (κ3) is 4.10. The van der Waals surface area contributed by atoms with Gasteiger partial charge >= 0.3 is 0 Å². The number of aromatic nitrogens is 2. The smallest absolute Gasteiger partial charge is 0.270 e. The normalized spacial score (nSPS) is 17.7. The second-order valence-electron chi connectivity index (χ2n) is 7.86. The number of carbonyl (C=O) groups excluding carboxylic acids is 2. The molecule has 1 aliphatic rings. The molecule has 7 heteroatoms. The number of rotatable bonds is 6. The first-order valence-electron chi connectivity index (χ1n) is 10.1. The third-order valence-corrected chi connectivity index (χ3v) is 5.39. The van der Waals surface area contributed by atoms with Gasteiger partial charge in [-0.25, -0.2) is 4.98 Å². The molecule has 2 unspecified atom stereocenters. The van der Waals surface area contributed by atoms with E-state index in [9.17, 15) is 9.59 Å². The number of amides is 2. The number of nitrogens with one attached hydrogen (secondary N) is 3. The summed E-state index contributed by atoms with van der Waals surface area (Å²) in [6.45, 7) is 5.03. The Hall–Kier alpha value is -2.93. The van der Waals surface area contributed by atoms with Crippen LogP contribution in [0.4, 0.5) is 0 Å². The number of hydrogen-bond donors (Lipinski definition) is 3. The Morgan fingerprint density at radius 2 is 2.07 bits per heavy atom. The SMILES string of the molecule is CC(C)C(NC(=O)c1cc2c(cn1)[nH]c1ccccc12)C(=O)NCC1CCCO1. The molecule has 0 bridgehead atoms. The van der Waals surface area contributed by atoms with Gasteiger partial charge in [-0.2, -0.15) is 0 Å². The van der Waals surface area contributed by atoms with E-state index in [-0.39, 0.29) is 23.8 Å². The van der Waals surface area contributed by atoms with Crippen LogP contribution in [0.1, 0.15) is 37.2 Å². The maximum absolute atomic E-state index is 12.8. The van der Waals surface area contributed by atoms with Crippen molar-refractivity contribution in [3.05, 3.63) is 42.2 Å². The van der Waals surface area contributed by atoms with Gasteiger partial charge in [-0.3, -0.25) is 9.59 Å². The van der Waals surface area contributed by atoms with E-state index in [0.29, 0.717) is 12.2 Å². The number of carbonyl (C=O) groups is 2. The van der Waals surface area contributed by atoms with Crippen molar-refractivity contribution in [1.82, 2.24) is 20.6 Å². The fourth-order valence-electron chi connectivity index (χ4n) is 3.75. The molecule has 4 rings (SSSR count). The second-order valence-corrected chi connectivity index (χ2v) is 7.86. The molecule has 152 valence electrons. The Kier molecular flexibility index (Phi) is 5.49. The zero-order valence-electron chi connectivity index (χ0n) is 16.7. The molecule has 0 saturated carbocycles. The minimum Gasteiger partial charge on any atom is -0.376 e. The summed E-state index contributed by atoms with van der Waals surface area (Å²) in [5.41, 5.74) is 2.16. The molecular weight excluding hydrogens is 368 g/mol. The lowest BCUT2D eigenvalue weighted by molar-refractivity contribution is -0.124. The summed E-state index contributed by atoms with van der Waals surface area (Å²) in [4.78, 5) is 33.1. The van der Waals surface area contributed by atoms with Crippen LogP contribution in [0.15, 0.2) is 36.5 Å². The van der Waals surface area contributed by atoms with Gasteiger partial charge in [-0.15, -0.1) is 0 Å². The van der Waals surface area contributed by atoms with Crippen molar-refractivity contribution in [2.45, 2.75) is 38.8 Å². The van der Waals surface area contributed by atoms with Crippen LogP contribution in [0.3, 0.4) is 0 Å². The van der Waals surface area contributed by atoms with Gasteiger partial charge in [-0.1, -0.05) is 32.0 Å². The van der Waals surface area contributed by atoms with Gasteiger partial charge in [0, 0.05) is 29.4 Å². The number of pyridine rings is 1. The van der Waals surface area contributed by atoms with Crippen molar-refractivity contribution in [1.29, 1.82) is 0 Å². The Balaban J connectivity index is 1.49. The van der Waals surface area contributed by atoms with Crippen LogP contribution < -0.4 is 10.6 Å². The predicted octanol–water partition coefficient (Wildman–Crippen LogP) is 2.77. The average molecular weight is 394 g/mol. The van der Waals surface area contributed by atoms with Gasteiger partial charge < -0.3 is 20.4 Å². The number of nitrogens with zero attached hydrogens (tertiary/aromatic N) is 1. The lowest BCUT2D eigenvalue weighted by Crippen LogP contribution is -2.51. The van der Waals surface area contributed by atoms with E-state index >= 15 is 0 Å². The molecule has 1 aliphatic heterocycles. The molecule has 3 N–H and O–H groups in total. The summed E-state index contributed by atoms with van der Waals surface area (Å²) in [7, 11) is 0. The zero-order chi connectivity index (χ0) is 20.4. The van der Waals surface area contributed by atoms with E-state index in [1.54, 1.807) is 12.3 Å². The maximum Gasteiger partial charge on any atom is 0.270 e. The van der Waals surface area contributed by atoms with Gasteiger partial charge in [0.05, 0.1) is 17.8 Å². The highest BCUT2D eigenvalue weighted by atomic mass is 16.5. The second kappa shape index (κ2) is 8.21. The average Bonchev–Trinajstić information content (AvgIpc) is 3.36. The maximum atomic E-state index is 12.8. The predicted molar refractivity (Wildman–Crippen MR) is 112 cm³/mol. The quantitative estimate of drug-likeness (QED) is 0.599. The molecule has 1 fully saturated rings. The zero-order valence-corrected chi connectivity index (χ0v) is 16.7. The van der Waals surface area contributed by atoms with Crippen molar-refractivity contribution >= 4 is 33.6 Å². The first-order valence-corrected chi connectivity index (χ1v) is 10.1. The molecule has 0 spiro atoms. The number of para-hydroxylation sites is 1. The van der Waals surface area contributed by atoms with Crippen LogP contribution in [0.25, 0.3) is 21.8 Å². The Morgan fingerprint density at radius 3 is 2.83 bits per heavy atom. The molecule has 2 amide bonds. The molecule has 3 heterocycles. The van der Waals surface area contributed by atoms with Crippen molar-refractivity contribution in [3.63, 3.8) is 0 Å². The molecule has 0 aliphatic carbocycles. The summed E-state index contributed by atoms with van der Waals surface area (Å²) >= 11 is 0. The lowest BCUT2D eigenvalue weighted by Gasteiger charge is -2.22. The van der Waals surface area contributed by atoms with Gasteiger partial charge in [0.1, 0.15) is 11.7 Å². The number of ether oxygens (including phenoxy) is 1. The van der Waals surface area contributed by atoms with E-state index in [0.717, 1.165) is 41.3 Å². The van der Waals surface area contributed by atoms with Gasteiger partial charge in [-0.05, 0) is 30.9 Å². The van der Waals surface area contributed by atoms with Gasteiger partial charge in [0.2, 0.25) is 5.91 Å².